The number of esters is 1. The molecule has 16 heavy (non-hydrogen) atoms. The van der Waals surface area contributed by atoms with E-state index in [1.54, 1.807) is 12.2 Å². The lowest BCUT2D eigenvalue weighted by Crippen LogP contribution is -2.39. The van der Waals surface area contributed by atoms with Gasteiger partial charge in [-0.25, -0.2) is 0 Å². The van der Waals surface area contributed by atoms with Crippen LogP contribution in [-0.2, 0) is 9.53 Å². The van der Waals surface area contributed by atoms with Crippen molar-refractivity contribution in [2.75, 3.05) is 0 Å². The third-order valence-corrected chi connectivity index (χ3v) is 3.55. The van der Waals surface area contributed by atoms with E-state index in [9.17, 15) is 9.90 Å². The number of aliphatic hydroxyl groups excluding tert-OH is 1. The fraction of sp³-hybridized carbons (Fsp3) is 0.615. The second-order valence-corrected chi connectivity index (χ2v) is 4.70. The van der Waals surface area contributed by atoms with E-state index in [-0.39, 0.29) is 17.5 Å². The Morgan fingerprint density at radius 2 is 2.19 bits per heavy atom. The Bertz CT molecular complexity index is 335. The van der Waals surface area contributed by atoms with Crippen molar-refractivity contribution < 1.29 is 14.6 Å². The first-order valence-electron chi connectivity index (χ1n) is 5.89. The van der Waals surface area contributed by atoms with Gasteiger partial charge in [0.25, 0.3) is 0 Å². The summed E-state index contributed by atoms with van der Waals surface area (Å²) in [6.45, 7) is 1.47. The van der Waals surface area contributed by atoms with Crippen molar-refractivity contribution in [3.8, 4) is 0 Å². The van der Waals surface area contributed by atoms with Gasteiger partial charge in [0, 0.05) is 12.8 Å². The highest BCUT2D eigenvalue weighted by molar-refractivity contribution is 5.66. The van der Waals surface area contributed by atoms with E-state index in [4.69, 9.17) is 4.74 Å². The molecule has 0 bridgehead atoms. The highest BCUT2D eigenvalue weighted by atomic mass is 16.6. The third kappa shape index (κ3) is 2.13. The van der Waals surface area contributed by atoms with E-state index in [0.717, 1.165) is 32.1 Å². The van der Waals surface area contributed by atoms with Crippen LogP contribution in [0.2, 0.25) is 0 Å². The molecule has 0 aromatic heterocycles. The summed E-state index contributed by atoms with van der Waals surface area (Å²) in [6.07, 6.45) is 10.4. The second kappa shape index (κ2) is 4.32. The summed E-state index contributed by atoms with van der Waals surface area (Å²) in [4.78, 5) is 11.2. The molecule has 1 fully saturated rings. The molecule has 3 heteroatoms. The van der Waals surface area contributed by atoms with Gasteiger partial charge in [-0.05, 0) is 44.3 Å². The number of hydrogen-bond donors (Lipinski definition) is 1. The van der Waals surface area contributed by atoms with Gasteiger partial charge in [-0.3, -0.25) is 4.79 Å². The second-order valence-electron chi connectivity index (χ2n) is 4.70. The van der Waals surface area contributed by atoms with Crippen LogP contribution in [0.5, 0.6) is 0 Å². The van der Waals surface area contributed by atoms with Crippen molar-refractivity contribution in [2.24, 2.45) is 5.92 Å². The Morgan fingerprint density at radius 3 is 2.69 bits per heavy atom. The van der Waals surface area contributed by atoms with Crippen molar-refractivity contribution >= 4 is 5.97 Å². The number of carbonyl (C=O) groups is 1. The molecule has 1 N–H and O–H groups in total. The van der Waals surface area contributed by atoms with Gasteiger partial charge in [-0.1, -0.05) is 6.08 Å². The maximum Gasteiger partial charge on any atom is 0.303 e. The van der Waals surface area contributed by atoms with Gasteiger partial charge in [-0.15, -0.1) is 0 Å². The molecular weight excluding hydrogens is 204 g/mol. The Labute approximate surface area is 95.8 Å². The molecule has 0 aromatic carbocycles. The number of allylic oxidation sites excluding steroid dienone is 2. The molecule has 0 spiro atoms. The molecule has 0 radical (unpaired) electrons. The summed E-state index contributed by atoms with van der Waals surface area (Å²) < 4.78 is 5.57. The maximum atomic E-state index is 11.2. The number of aliphatic hydroxyl groups is 1. The highest BCUT2D eigenvalue weighted by Crippen LogP contribution is 2.43. The molecular formula is C13H18O3. The summed E-state index contributed by atoms with van der Waals surface area (Å²) in [5.74, 6) is 0.330. The first kappa shape index (κ1) is 11.2. The number of hydrogen-bond acceptors (Lipinski definition) is 3. The van der Waals surface area contributed by atoms with Crippen LogP contribution in [0.1, 0.15) is 39.0 Å². The van der Waals surface area contributed by atoms with Crippen molar-refractivity contribution in [1.82, 2.24) is 0 Å². The van der Waals surface area contributed by atoms with Gasteiger partial charge in [-0.2, -0.15) is 0 Å². The van der Waals surface area contributed by atoms with Crippen LogP contribution >= 0.6 is 0 Å². The van der Waals surface area contributed by atoms with Crippen LogP contribution in [0.4, 0.5) is 0 Å². The average molecular weight is 222 g/mol. The van der Waals surface area contributed by atoms with Gasteiger partial charge in [0.05, 0.1) is 0 Å². The van der Waals surface area contributed by atoms with Crippen LogP contribution in [0, 0.1) is 5.92 Å². The topological polar surface area (TPSA) is 46.5 Å². The fourth-order valence-electron chi connectivity index (χ4n) is 2.81. The Morgan fingerprint density at radius 1 is 1.50 bits per heavy atom. The molecule has 88 valence electrons. The van der Waals surface area contributed by atoms with E-state index < -0.39 is 0 Å². The SMILES string of the molecule is CC(=O)OC1(C2C=CC(O)=CC2)CCCC1. The highest BCUT2D eigenvalue weighted by Gasteiger charge is 2.43. The summed E-state index contributed by atoms with van der Waals surface area (Å²) >= 11 is 0. The molecule has 0 saturated heterocycles. The molecule has 2 aliphatic rings. The van der Waals surface area contributed by atoms with E-state index in [2.05, 4.69) is 0 Å². The normalized spacial score (nSPS) is 27.6. The molecule has 0 aliphatic heterocycles. The third-order valence-electron chi connectivity index (χ3n) is 3.55. The molecule has 0 aromatic rings. The van der Waals surface area contributed by atoms with E-state index in [1.165, 1.54) is 6.92 Å². The van der Waals surface area contributed by atoms with Crippen LogP contribution in [-0.4, -0.2) is 16.7 Å². The number of carbonyl (C=O) groups excluding carboxylic acids is 1. The van der Waals surface area contributed by atoms with Gasteiger partial charge in [0.1, 0.15) is 11.4 Å². The Hall–Kier alpha value is -1.25. The zero-order valence-corrected chi connectivity index (χ0v) is 9.61. The van der Waals surface area contributed by atoms with Crippen LogP contribution < -0.4 is 0 Å². The first-order chi connectivity index (χ1) is 7.62. The molecule has 3 nitrogen and oxygen atoms in total. The zero-order chi connectivity index (χ0) is 11.6. The predicted molar refractivity (Wildman–Crippen MR) is 60.9 cm³/mol. The minimum atomic E-state index is -0.320. The smallest absolute Gasteiger partial charge is 0.303 e. The minimum Gasteiger partial charge on any atom is -0.508 e. The molecule has 1 atom stereocenters. The Kier molecular flexibility index (Phi) is 3.03. The van der Waals surface area contributed by atoms with E-state index in [0.29, 0.717) is 5.76 Å². The van der Waals surface area contributed by atoms with Crippen LogP contribution in [0.3, 0.4) is 0 Å². The molecule has 0 heterocycles. The summed E-state index contributed by atoms with van der Waals surface area (Å²) in [6, 6.07) is 0. The maximum absolute atomic E-state index is 11.2. The fourth-order valence-corrected chi connectivity index (χ4v) is 2.81. The van der Waals surface area contributed by atoms with Gasteiger partial charge in [0.2, 0.25) is 0 Å². The first-order valence-corrected chi connectivity index (χ1v) is 5.89. The molecule has 0 amide bonds. The van der Waals surface area contributed by atoms with Gasteiger partial charge in [0.15, 0.2) is 0 Å². The summed E-state index contributed by atoms with van der Waals surface area (Å²) in [7, 11) is 0. The zero-order valence-electron chi connectivity index (χ0n) is 9.61. The lowest BCUT2D eigenvalue weighted by atomic mass is 9.81. The Balaban J connectivity index is 2.14. The van der Waals surface area contributed by atoms with E-state index >= 15 is 0 Å². The summed E-state index contributed by atoms with van der Waals surface area (Å²) in [5, 5.41) is 9.30. The van der Waals surface area contributed by atoms with Gasteiger partial charge >= 0.3 is 5.97 Å². The van der Waals surface area contributed by atoms with E-state index in [1.807, 2.05) is 6.08 Å². The molecule has 2 rings (SSSR count). The monoisotopic (exact) mass is 222 g/mol. The molecule has 1 saturated carbocycles. The van der Waals surface area contributed by atoms with Crippen molar-refractivity contribution in [1.29, 1.82) is 0 Å². The number of ether oxygens (including phenoxy) is 1. The molecule has 2 aliphatic carbocycles. The quantitative estimate of drug-likeness (QED) is 0.731. The largest absolute Gasteiger partial charge is 0.508 e. The van der Waals surface area contributed by atoms with Crippen molar-refractivity contribution in [2.45, 2.75) is 44.6 Å². The van der Waals surface area contributed by atoms with Gasteiger partial charge < -0.3 is 9.84 Å². The van der Waals surface area contributed by atoms with Crippen LogP contribution in [0.15, 0.2) is 24.0 Å². The standard InChI is InChI=1S/C13H18O3/c1-10(14)16-13(8-2-3-9-13)11-4-6-12(15)7-5-11/h4,6-7,11,15H,2-3,5,8-9H2,1H3. The lowest BCUT2D eigenvalue weighted by Gasteiger charge is -2.35. The summed E-state index contributed by atoms with van der Waals surface area (Å²) in [5.41, 5.74) is -0.320. The lowest BCUT2D eigenvalue weighted by molar-refractivity contribution is -0.160. The minimum absolute atomic E-state index is 0.200. The average Bonchev–Trinajstić information content (AvgIpc) is 2.67. The number of rotatable bonds is 2. The van der Waals surface area contributed by atoms with Crippen LogP contribution in [0.25, 0.3) is 0 Å². The van der Waals surface area contributed by atoms with Crippen molar-refractivity contribution in [3.05, 3.63) is 24.0 Å². The van der Waals surface area contributed by atoms with Crippen molar-refractivity contribution in [3.63, 3.8) is 0 Å². The molecule has 1 unspecified atom stereocenters. The predicted octanol–water partition coefficient (Wildman–Crippen LogP) is 2.88.